The van der Waals surface area contributed by atoms with Gasteiger partial charge >= 0.3 is 0 Å². The molecule has 3 rings (SSSR count). The van der Waals surface area contributed by atoms with Crippen LogP contribution in [-0.2, 0) is 14.9 Å². The predicted octanol–water partition coefficient (Wildman–Crippen LogP) is 1.58. The number of aromatic nitrogens is 2. The van der Waals surface area contributed by atoms with Crippen LogP contribution in [0.15, 0.2) is 34.6 Å². The Kier molecular flexibility index (Phi) is 2.38. The van der Waals surface area contributed by atoms with Crippen LogP contribution in [-0.4, -0.2) is 29.2 Å². The summed E-state index contributed by atoms with van der Waals surface area (Å²) in [7, 11) is 0. The molecule has 0 bridgehead atoms. The number of ether oxygens (including phenoxy) is 2. The van der Waals surface area contributed by atoms with Gasteiger partial charge in [0, 0.05) is 0 Å². The summed E-state index contributed by atoms with van der Waals surface area (Å²) in [6.45, 7) is 4.45. The van der Waals surface area contributed by atoms with Crippen LogP contribution in [0.3, 0.4) is 0 Å². The fourth-order valence-electron chi connectivity index (χ4n) is 2.11. The van der Waals surface area contributed by atoms with Crippen molar-refractivity contribution < 1.29 is 13.9 Å². The van der Waals surface area contributed by atoms with Crippen LogP contribution in [0.4, 0.5) is 0 Å². The lowest BCUT2D eigenvalue weighted by Gasteiger charge is -2.26. The molecule has 90 valence electrons. The summed E-state index contributed by atoms with van der Waals surface area (Å²) < 4.78 is 16.2. The first kappa shape index (κ1) is 10.7. The Labute approximate surface area is 99.1 Å². The first-order chi connectivity index (χ1) is 8.18. The molecular weight excluding hydrogens is 220 g/mol. The van der Waals surface area contributed by atoms with Crippen molar-refractivity contribution in [1.82, 2.24) is 10.2 Å². The normalized spacial score (nSPS) is 28.0. The zero-order valence-corrected chi connectivity index (χ0v) is 9.79. The molecule has 1 fully saturated rings. The van der Waals surface area contributed by atoms with Crippen molar-refractivity contribution in [3.05, 3.63) is 36.1 Å². The predicted molar refractivity (Wildman–Crippen MR) is 59.2 cm³/mol. The van der Waals surface area contributed by atoms with Crippen LogP contribution < -0.4 is 0 Å². The molecule has 5 nitrogen and oxygen atoms in total. The van der Waals surface area contributed by atoms with E-state index in [2.05, 4.69) is 16.3 Å². The van der Waals surface area contributed by atoms with Gasteiger partial charge in [0.1, 0.15) is 19.0 Å². The zero-order valence-electron chi connectivity index (χ0n) is 9.79. The minimum Gasteiger partial charge on any atom is -0.427 e. The van der Waals surface area contributed by atoms with Gasteiger partial charge in [-0.2, -0.15) is 0 Å². The Bertz CT molecular complexity index is 462. The summed E-state index contributed by atoms with van der Waals surface area (Å²) in [5.74, 6) is 0.603. The number of nitrogens with zero attached hydrogens (tertiary/aromatic N) is 2. The van der Waals surface area contributed by atoms with Crippen LogP contribution in [0.5, 0.6) is 0 Å². The van der Waals surface area contributed by atoms with Crippen LogP contribution in [0.25, 0.3) is 0 Å². The Morgan fingerprint density at radius 1 is 1.29 bits per heavy atom. The van der Waals surface area contributed by atoms with Crippen molar-refractivity contribution in [3.8, 4) is 0 Å². The molecule has 0 N–H and O–H groups in total. The largest absolute Gasteiger partial charge is 0.427 e. The number of hydrogen-bond donors (Lipinski definition) is 0. The van der Waals surface area contributed by atoms with Gasteiger partial charge in [-0.15, -0.1) is 10.2 Å². The molecule has 1 aromatic heterocycles. The fourth-order valence-corrected chi connectivity index (χ4v) is 2.11. The van der Waals surface area contributed by atoms with Gasteiger partial charge in [0.15, 0.2) is 0 Å². The van der Waals surface area contributed by atoms with Gasteiger partial charge in [-0.1, -0.05) is 12.2 Å². The summed E-state index contributed by atoms with van der Waals surface area (Å²) in [4.78, 5) is 0. The second kappa shape index (κ2) is 3.78. The lowest BCUT2D eigenvalue weighted by Crippen LogP contribution is -2.27. The molecule has 5 heteroatoms. The highest BCUT2D eigenvalue weighted by Crippen LogP contribution is 2.35. The van der Waals surface area contributed by atoms with Gasteiger partial charge < -0.3 is 13.9 Å². The van der Waals surface area contributed by atoms with Crippen molar-refractivity contribution >= 4 is 0 Å². The Hall–Kier alpha value is -1.46. The maximum Gasteiger partial charge on any atom is 0.226 e. The van der Waals surface area contributed by atoms with Crippen molar-refractivity contribution in [2.75, 3.05) is 6.79 Å². The molecule has 1 aromatic rings. The standard InChI is InChI=1S/C12H14N2O3/c1-12(2,11-14-13-6-15-11)8-3-4-9-10(5-8)17-7-16-9/h3-6,9-10H,7H2,1-2H3. The molecule has 0 radical (unpaired) electrons. The molecule has 1 saturated heterocycles. The maximum absolute atomic E-state index is 5.48. The molecule has 17 heavy (non-hydrogen) atoms. The van der Waals surface area contributed by atoms with Gasteiger partial charge in [-0.3, -0.25) is 0 Å². The van der Waals surface area contributed by atoms with Crippen molar-refractivity contribution in [2.24, 2.45) is 0 Å². The Morgan fingerprint density at radius 3 is 2.88 bits per heavy atom. The van der Waals surface area contributed by atoms with Crippen LogP contribution in [0, 0.1) is 0 Å². The number of fused-ring (bicyclic) bond motifs is 1. The topological polar surface area (TPSA) is 57.4 Å². The molecule has 2 unspecified atom stereocenters. The lowest BCUT2D eigenvalue weighted by atomic mass is 9.80. The van der Waals surface area contributed by atoms with E-state index < -0.39 is 0 Å². The van der Waals surface area contributed by atoms with E-state index in [0.29, 0.717) is 12.7 Å². The molecule has 0 saturated carbocycles. The van der Waals surface area contributed by atoms with Gasteiger partial charge in [-0.05, 0) is 25.5 Å². The lowest BCUT2D eigenvalue weighted by molar-refractivity contribution is 0.0503. The van der Waals surface area contributed by atoms with Crippen LogP contribution in [0.2, 0.25) is 0 Å². The molecule has 2 atom stereocenters. The highest BCUT2D eigenvalue weighted by atomic mass is 16.7. The van der Waals surface area contributed by atoms with Crippen LogP contribution in [0.1, 0.15) is 19.7 Å². The maximum atomic E-state index is 5.48. The minimum atomic E-state index is -0.316. The zero-order chi connectivity index (χ0) is 11.9. The summed E-state index contributed by atoms with van der Waals surface area (Å²) in [6.07, 6.45) is 7.52. The van der Waals surface area contributed by atoms with Gasteiger partial charge in [-0.25, -0.2) is 0 Å². The smallest absolute Gasteiger partial charge is 0.226 e. The van der Waals surface area contributed by atoms with Crippen LogP contribution >= 0.6 is 0 Å². The summed E-state index contributed by atoms with van der Waals surface area (Å²) in [5.41, 5.74) is 0.790. The second-order valence-corrected chi connectivity index (χ2v) is 4.73. The number of hydrogen-bond acceptors (Lipinski definition) is 5. The van der Waals surface area contributed by atoms with E-state index in [9.17, 15) is 0 Å². The van der Waals surface area contributed by atoms with E-state index in [0.717, 1.165) is 5.57 Å². The second-order valence-electron chi connectivity index (χ2n) is 4.73. The van der Waals surface area contributed by atoms with E-state index in [1.54, 1.807) is 0 Å². The minimum absolute atomic E-state index is 0.00260. The third-order valence-electron chi connectivity index (χ3n) is 3.27. The third kappa shape index (κ3) is 1.71. The first-order valence-corrected chi connectivity index (χ1v) is 5.58. The summed E-state index contributed by atoms with van der Waals surface area (Å²) in [5, 5.41) is 7.71. The van der Waals surface area contributed by atoms with E-state index in [1.807, 2.05) is 26.0 Å². The SMILES string of the molecule is CC(C)(C1=CC2OCOC2C=C1)c1nnco1. The average molecular weight is 234 g/mol. The summed E-state index contributed by atoms with van der Waals surface area (Å²) >= 11 is 0. The highest BCUT2D eigenvalue weighted by molar-refractivity contribution is 5.38. The number of allylic oxidation sites excluding steroid dienone is 2. The molecule has 1 aliphatic carbocycles. The number of rotatable bonds is 2. The average Bonchev–Trinajstić information content (AvgIpc) is 2.99. The Balaban J connectivity index is 1.92. The van der Waals surface area contributed by atoms with E-state index in [4.69, 9.17) is 13.9 Å². The molecule has 2 aliphatic rings. The van der Waals surface area contributed by atoms with Gasteiger partial charge in [0.05, 0.1) is 5.41 Å². The fraction of sp³-hybridized carbons (Fsp3) is 0.500. The molecule has 0 amide bonds. The molecule has 0 aromatic carbocycles. The molecule has 0 spiro atoms. The quantitative estimate of drug-likeness (QED) is 0.777. The molecule has 1 aliphatic heterocycles. The van der Waals surface area contributed by atoms with E-state index in [-0.39, 0.29) is 17.6 Å². The van der Waals surface area contributed by atoms with Crippen molar-refractivity contribution in [2.45, 2.75) is 31.5 Å². The van der Waals surface area contributed by atoms with E-state index in [1.165, 1.54) is 6.39 Å². The highest BCUT2D eigenvalue weighted by Gasteiger charge is 2.35. The monoisotopic (exact) mass is 234 g/mol. The Morgan fingerprint density at radius 2 is 2.12 bits per heavy atom. The third-order valence-corrected chi connectivity index (χ3v) is 3.27. The molecule has 2 heterocycles. The van der Waals surface area contributed by atoms with Gasteiger partial charge in [0.2, 0.25) is 12.3 Å². The van der Waals surface area contributed by atoms with Crippen molar-refractivity contribution in [1.29, 1.82) is 0 Å². The van der Waals surface area contributed by atoms with E-state index >= 15 is 0 Å². The summed E-state index contributed by atoms with van der Waals surface area (Å²) in [6, 6.07) is 0. The van der Waals surface area contributed by atoms with Crippen molar-refractivity contribution in [3.63, 3.8) is 0 Å². The first-order valence-electron chi connectivity index (χ1n) is 5.58. The molecular formula is C12H14N2O3. The van der Waals surface area contributed by atoms with Gasteiger partial charge in [0.25, 0.3) is 0 Å².